The molecular weight excluding hydrogens is 304 g/mol. The van der Waals surface area contributed by atoms with Gasteiger partial charge in [0.2, 0.25) is 5.91 Å². The number of carbonyl (C=O) groups excluding carboxylic acids is 2. The van der Waals surface area contributed by atoms with Crippen LogP contribution in [0.3, 0.4) is 0 Å². The van der Waals surface area contributed by atoms with Gasteiger partial charge in [0.05, 0.1) is 5.69 Å². The fourth-order valence-electron chi connectivity index (χ4n) is 2.65. The van der Waals surface area contributed by atoms with Crippen LogP contribution in [0.1, 0.15) is 24.5 Å². The molecule has 0 saturated carbocycles. The van der Waals surface area contributed by atoms with Crippen LogP contribution in [0.15, 0.2) is 42.5 Å². The third-order valence-electron chi connectivity index (χ3n) is 4.08. The Balaban J connectivity index is 1.62. The fourth-order valence-corrected chi connectivity index (χ4v) is 2.65. The zero-order chi connectivity index (χ0) is 17.1. The van der Waals surface area contributed by atoms with E-state index in [1.807, 2.05) is 31.2 Å². The Kier molecular flexibility index (Phi) is 4.51. The predicted molar refractivity (Wildman–Crippen MR) is 93.3 cm³/mol. The quantitative estimate of drug-likeness (QED) is 0.907. The van der Waals surface area contributed by atoms with Crippen molar-refractivity contribution in [3.8, 4) is 5.75 Å². The van der Waals surface area contributed by atoms with Gasteiger partial charge in [-0.15, -0.1) is 0 Å². The van der Waals surface area contributed by atoms with Crippen LogP contribution in [-0.2, 0) is 16.0 Å². The minimum atomic E-state index is -0.507. The van der Waals surface area contributed by atoms with E-state index in [0.717, 1.165) is 0 Å². The Hall–Kier alpha value is -2.82. The van der Waals surface area contributed by atoms with Gasteiger partial charge < -0.3 is 15.4 Å². The number of nitrogens with one attached hydrogen (secondary N) is 2. The van der Waals surface area contributed by atoms with Gasteiger partial charge in [0.1, 0.15) is 5.75 Å². The Bertz CT molecular complexity index is 786. The Morgan fingerprint density at radius 3 is 2.83 bits per heavy atom. The van der Waals surface area contributed by atoms with E-state index in [2.05, 4.69) is 10.6 Å². The molecule has 5 heteroatoms. The van der Waals surface area contributed by atoms with Crippen LogP contribution in [0.4, 0.5) is 11.4 Å². The Morgan fingerprint density at radius 2 is 2.04 bits per heavy atom. The summed E-state index contributed by atoms with van der Waals surface area (Å²) in [5.74, 6) is 0.361. The molecule has 0 fully saturated rings. The first-order valence-corrected chi connectivity index (χ1v) is 7.99. The molecule has 0 aliphatic carbocycles. The van der Waals surface area contributed by atoms with Crippen LogP contribution in [0.5, 0.6) is 5.75 Å². The number of ether oxygens (including phenoxy) is 1. The molecule has 0 aromatic heterocycles. The van der Waals surface area contributed by atoms with Gasteiger partial charge in [-0.2, -0.15) is 0 Å². The Morgan fingerprint density at radius 1 is 1.25 bits per heavy atom. The van der Waals surface area contributed by atoms with Crippen molar-refractivity contribution < 1.29 is 14.3 Å². The van der Waals surface area contributed by atoms with E-state index < -0.39 is 6.10 Å². The minimum absolute atomic E-state index is 0.0605. The van der Waals surface area contributed by atoms with Crippen LogP contribution in [0.25, 0.3) is 0 Å². The molecule has 124 valence electrons. The summed E-state index contributed by atoms with van der Waals surface area (Å²) in [5, 5.41) is 5.64. The average molecular weight is 324 g/mol. The van der Waals surface area contributed by atoms with Gasteiger partial charge in [0.15, 0.2) is 6.10 Å². The summed E-state index contributed by atoms with van der Waals surface area (Å²) in [4.78, 5) is 23.8. The number of anilines is 2. The number of benzene rings is 2. The third-order valence-corrected chi connectivity index (χ3v) is 4.08. The van der Waals surface area contributed by atoms with E-state index in [1.165, 1.54) is 11.1 Å². The van der Waals surface area contributed by atoms with E-state index in [4.69, 9.17) is 4.74 Å². The largest absolute Gasteiger partial charge is 0.479 e. The number of hydrogen-bond donors (Lipinski definition) is 2. The van der Waals surface area contributed by atoms with Crippen molar-refractivity contribution >= 4 is 23.2 Å². The van der Waals surface area contributed by atoms with Gasteiger partial charge in [-0.1, -0.05) is 24.3 Å². The van der Waals surface area contributed by atoms with Crippen LogP contribution in [0.2, 0.25) is 0 Å². The monoisotopic (exact) mass is 324 g/mol. The molecule has 2 aromatic rings. The van der Waals surface area contributed by atoms with Crippen molar-refractivity contribution in [2.24, 2.45) is 0 Å². The van der Waals surface area contributed by atoms with Crippen molar-refractivity contribution in [3.63, 3.8) is 0 Å². The summed E-state index contributed by atoms with van der Waals surface area (Å²) in [6, 6.07) is 13.3. The second-order valence-corrected chi connectivity index (χ2v) is 5.93. The highest BCUT2D eigenvalue weighted by Gasteiger charge is 2.23. The van der Waals surface area contributed by atoms with E-state index in [0.29, 0.717) is 30.0 Å². The first kappa shape index (κ1) is 16.1. The maximum absolute atomic E-state index is 12.2. The predicted octanol–water partition coefficient (Wildman–Crippen LogP) is 3.29. The summed E-state index contributed by atoms with van der Waals surface area (Å²) < 4.78 is 5.50. The Labute approximate surface area is 141 Å². The van der Waals surface area contributed by atoms with Crippen molar-refractivity contribution in [2.75, 3.05) is 10.6 Å². The minimum Gasteiger partial charge on any atom is -0.479 e. The van der Waals surface area contributed by atoms with Crippen molar-refractivity contribution in [2.45, 2.75) is 32.8 Å². The second-order valence-electron chi connectivity index (χ2n) is 5.93. The maximum atomic E-state index is 12.2. The molecule has 2 N–H and O–H groups in total. The van der Waals surface area contributed by atoms with Gasteiger partial charge in [-0.3, -0.25) is 9.59 Å². The standard InChI is InChI=1S/C19H20N2O3/c1-12-5-3-4-6-14(12)7-10-18(22)20-15-8-9-17-16(11-15)21-19(23)13(2)24-17/h3-6,8-9,11,13H,7,10H2,1-2H3,(H,20,22)(H,21,23). The van der Waals surface area contributed by atoms with Crippen molar-refractivity contribution in [3.05, 3.63) is 53.6 Å². The summed E-state index contributed by atoms with van der Waals surface area (Å²) >= 11 is 0. The molecule has 5 nitrogen and oxygen atoms in total. The molecule has 2 aromatic carbocycles. The van der Waals surface area contributed by atoms with Gasteiger partial charge >= 0.3 is 0 Å². The summed E-state index contributed by atoms with van der Waals surface area (Å²) in [6.45, 7) is 3.74. The molecule has 0 bridgehead atoms. The van der Waals surface area contributed by atoms with Crippen LogP contribution in [0, 0.1) is 6.92 Å². The van der Waals surface area contributed by atoms with Crippen molar-refractivity contribution in [1.29, 1.82) is 0 Å². The van der Waals surface area contributed by atoms with E-state index in [9.17, 15) is 9.59 Å². The van der Waals surface area contributed by atoms with E-state index in [1.54, 1.807) is 25.1 Å². The number of hydrogen-bond acceptors (Lipinski definition) is 3. The molecule has 24 heavy (non-hydrogen) atoms. The molecule has 2 amide bonds. The maximum Gasteiger partial charge on any atom is 0.265 e. The van der Waals surface area contributed by atoms with Crippen LogP contribution >= 0.6 is 0 Å². The molecule has 3 rings (SSSR count). The smallest absolute Gasteiger partial charge is 0.265 e. The number of carbonyl (C=O) groups is 2. The van der Waals surface area contributed by atoms with Crippen LogP contribution in [-0.4, -0.2) is 17.9 Å². The molecular formula is C19H20N2O3. The zero-order valence-corrected chi connectivity index (χ0v) is 13.8. The summed E-state index contributed by atoms with van der Waals surface area (Å²) in [7, 11) is 0. The number of fused-ring (bicyclic) bond motifs is 1. The molecule has 1 aliphatic heterocycles. The molecule has 1 atom stereocenters. The van der Waals surface area contributed by atoms with Crippen molar-refractivity contribution in [1.82, 2.24) is 0 Å². The highest BCUT2D eigenvalue weighted by atomic mass is 16.5. The molecule has 1 aliphatic rings. The topological polar surface area (TPSA) is 67.4 Å². The number of amides is 2. The van der Waals surface area contributed by atoms with Gasteiger partial charge in [-0.05, 0) is 49.6 Å². The van der Waals surface area contributed by atoms with Crippen LogP contribution < -0.4 is 15.4 Å². The molecule has 0 saturated heterocycles. The average Bonchev–Trinajstić information content (AvgIpc) is 2.55. The first-order chi connectivity index (χ1) is 11.5. The first-order valence-electron chi connectivity index (χ1n) is 7.99. The highest BCUT2D eigenvalue weighted by molar-refractivity contribution is 5.99. The lowest BCUT2D eigenvalue weighted by Crippen LogP contribution is -2.34. The fraction of sp³-hybridized carbons (Fsp3) is 0.263. The summed E-state index contributed by atoms with van der Waals surface area (Å²) in [6.07, 6.45) is 0.592. The highest BCUT2D eigenvalue weighted by Crippen LogP contribution is 2.32. The summed E-state index contributed by atoms with van der Waals surface area (Å²) in [5.41, 5.74) is 3.58. The van der Waals surface area contributed by atoms with E-state index >= 15 is 0 Å². The molecule has 0 radical (unpaired) electrons. The lowest BCUT2D eigenvalue weighted by molar-refractivity contribution is -0.122. The third kappa shape index (κ3) is 3.56. The molecule has 0 spiro atoms. The number of rotatable bonds is 4. The number of aryl methyl sites for hydroxylation is 2. The van der Waals surface area contributed by atoms with Gasteiger partial charge in [0, 0.05) is 12.1 Å². The SMILES string of the molecule is Cc1ccccc1CCC(=O)Nc1ccc2c(c1)NC(=O)C(C)O2. The van der Waals surface area contributed by atoms with Gasteiger partial charge in [-0.25, -0.2) is 0 Å². The lowest BCUT2D eigenvalue weighted by Gasteiger charge is -2.23. The second kappa shape index (κ2) is 6.74. The zero-order valence-electron chi connectivity index (χ0n) is 13.8. The lowest BCUT2D eigenvalue weighted by atomic mass is 10.0. The normalized spacial score (nSPS) is 15.9. The van der Waals surface area contributed by atoms with E-state index in [-0.39, 0.29) is 11.8 Å². The molecule has 1 heterocycles. The molecule has 1 unspecified atom stereocenters. The van der Waals surface area contributed by atoms with Gasteiger partial charge in [0.25, 0.3) is 5.91 Å².